The molecule has 9 nitrogen and oxygen atoms in total. The van der Waals surface area contributed by atoms with E-state index in [1.165, 1.54) is 0 Å². The van der Waals surface area contributed by atoms with Crippen LogP contribution >= 0.6 is 0 Å². The zero-order valence-corrected chi connectivity index (χ0v) is 23.1. The first kappa shape index (κ1) is 28.8. The Hall–Kier alpha value is -3.17. The summed E-state index contributed by atoms with van der Waals surface area (Å²) in [7, 11) is 1.58. The molecule has 4 rings (SSSR count). The van der Waals surface area contributed by atoms with Crippen LogP contribution in [0.25, 0.3) is 0 Å². The first-order chi connectivity index (χ1) is 18.9. The van der Waals surface area contributed by atoms with Crippen LogP contribution in [0.5, 0.6) is 5.75 Å². The molecule has 39 heavy (non-hydrogen) atoms. The standard InChI is InChI=1S/C30H41N3O6/c1-5-16-31(17-6-2)27(35)24-23-14-15-30(39-23)25(24)28(36)33(19-8-9-20-34)26(30)29(37)32(18-7-3)21-10-12-22(38-4)13-11-21/h5,7,10-13,23-26,34H,1,3,6,8-9,14-20H2,2,4H3/t23-,24+,25+,26?,30?/m1/s1. The maximum atomic E-state index is 14.4. The molecule has 3 heterocycles. The van der Waals surface area contributed by atoms with Crippen molar-refractivity contribution in [3.8, 4) is 5.75 Å². The molecule has 0 radical (unpaired) electrons. The van der Waals surface area contributed by atoms with E-state index >= 15 is 0 Å². The molecule has 0 aromatic heterocycles. The lowest BCUT2D eigenvalue weighted by Gasteiger charge is -2.37. The molecule has 1 N–H and O–H groups in total. The summed E-state index contributed by atoms with van der Waals surface area (Å²) >= 11 is 0. The average Bonchev–Trinajstić information content (AvgIpc) is 3.58. The number of aliphatic hydroxyl groups excluding tert-OH is 1. The molecule has 0 aliphatic carbocycles. The van der Waals surface area contributed by atoms with Crippen LogP contribution in [0, 0.1) is 11.8 Å². The second kappa shape index (κ2) is 12.3. The predicted octanol–water partition coefficient (Wildman–Crippen LogP) is 2.79. The summed E-state index contributed by atoms with van der Waals surface area (Å²) in [5, 5.41) is 9.39. The van der Waals surface area contributed by atoms with E-state index in [0.29, 0.717) is 56.8 Å². The number of anilines is 1. The molecule has 212 valence electrons. The smallest absolute Gasteiger partial charge is 0.253 e. The molecule has 3 saturated heterocycles. The fourth-order valence-corrected chi connectivity index (χ4v) is 6.64. The molecule has 9 heteroatoms. The summed E-state index contributed by atoms with van der Waals surface area (Å²) in [6.07, 6.45) is 5.93. The Bertz CT molecular complexity index is 1070. The van der Waals surface area contributed by atoms with Crippen LogP contribution in [0.4, 0.5) is 5.69 Å². The van der Waals surface area contributed by atoms with Gasteiger partial charge in [0, 0.05) is 38.5 Å². The van der Waals surface area contributed by atoms with Crippen molar-refractivity contribution in [2.24, 2.45) is 11.8 Å². The Morgan fingerprint density at radius 3 is 2.51 bits per heavy atom. The first-order valence-corrected chi connectivity index (χ1v) is 13.9. The van der Waals surface area contributed by atoms with E-state index in [1.54, 1.807) is 58.2 Å². The van der Waals surface area contributed by atoms with Crippen molar-refractivity contribution in [1.29, 1.82) is 0 Å². The largest absolute Gasteiger partial charge is 0.497 e. The van der Waals surface area contributed by atoms with Crippen LogP contribution in [0.15, 0.2) is 49.6 Å². The molecule has 2 bridgehead atoms. The van der Waals surface area contributed by atoms with Crippen molar-refractivity contribution in [3.63, 3.8) is 0 Å². The molecule has 3 aliphatic rings. The topological polar surface area (TPSA) is 99.6 Å². The van der Waals surface area contributed by atoms with Gasteiger partial charge in [-0.2, -0.15) is 0 Å². The summed E-state index contributed by atoms with van der Waals surface area (Å²) in [5.41, 5.74) is -0.417. The van der Waals surface area contributed by atoms with Crippen molar-refractivity contribution >= 4 is 23.4 Å². The maximum Gasteiger partial charge on any atom is 0.253 e. The molecular formula is C30H41N3O6. The Labute approximate surface area is 231 Å². The second-order valence-corrected chi connectivity index (χ2v) is 10.5. The predicted molar refractivity (Wildman–Crippen MR) is 148 cm³/mol. The van der Waals surface area contributed by atoms with Crippen molar-refractivity contribution in [3.05, 3.63) is 49.6 Å². The van der Waals surface area contributed by atoms with E-state index in [1.807, 2.05) is 6.92 Å². The summed E-state index contributed by atoms with van der Waals surface area (Å²) in [6, 6.07) is 6.30. The highest BCUT2D eigenvalue weighted by Crippen LogP contribution is 2.59. The van der Waals surface area contributed by atoms with E-state index in [9.17, 15) is 19.5 Å². The van der Waals surface area contributed by atoms with E-state index < -0.39 is 29.6 Å². The number of hydrogen-bond acceptors (Lipinski definition) is 6. The molecule has 1 spiro atoms. The second-order valence-electron chi connectivity index (χ2n) is 10.5. The lowest BCUT2D eigenvalue weighted by atomic mass is 9.70. The minimum Gasteiger partial charge on any atom is -0.497 e. The van der Waals surface area contributed by atoms with E-state index in [-0.39, 0.29) is 30.9 Å². The zero-order valence-electron chi connectivity index (χ0n) is 23.1. The Balaban J connectivity index is 1.73. The number of amides is 3. The van der Waals surface area contributed by atoms with Crippen molar-refractivity contribution in [2.75, 3.05) is 44.8 Å². The van der Waals surface area contributed by atoms with E-state index in [2.05, 4.69) is 13.2 Å². The average molecular weight is 540 g/mol. The molecule has 1 aromatic rings. The number of likely N-dealkylation sites (tertiary alicyclic amines) is 1. The number of hydrogen-bond donors (Lipinski definition) is 1. The lowest BCUT2D eigenvalue weighted by Crippen LogP contribution is -2.56. The molecule has 0 saturated carbocycles. The van der Waals surface area contributed by atoms with Crippen molar-refractivity contribution < 1.29 is 29.0 Å². The number of aliphatic hydroxyl groups is 1. The highest BCUT2D eigenvalue weighted by Gasteiger charge is 2.74. The number of ether oxygens (including phenoxy) is 2. The quantitative estimate of drug-likeness (QED) is 0.288. The monoisotopic (exact) mass is 539 g/mol. The van der Waals surface area contributed by atoms with Gasteiger partial charge in [-0.15, -0.1) is 13.2 Å². The number of methoxy groups -OCH3 is 1. The van der Waals surface area contributed by atoms with Crippen LogP contribution in [0.3, 0.4) is 0 Å². The molecular weight excluding hydrogens is 498 g/mol. The number of carbonyl (C=O) groups is 3. The van der Waals surface area contributed by atoms with Gasteiger partial charge >= 0.3 is 0 Å². The van der Waals surface area contributed by atoms with Crippen LogP contribution < -0.4 is 9.64 Å². The minimum absolute atomic E-state index is 0.00311. The lowest BCUT2D eigenvalue weighted by molar-refractivity contribution is -0.145. The van der Waals surface area contributed by atoms with Gasteiger partial charge in [-0.05, 0) is 56.4 Å². The number of benzene rings is 1. The normalized spacial score (nSPS) is 26.8. The number of unbranched alkanes of at least 4 members (excludes halogenated alkanes) is 1. The fraction of sp³-hybridized carbons (Fsp3) is 0.567. The third-order valence-electron chi connectivity index (χ3n) is 8.24. The van der Waals surface area contributed by atoms with Gasteiger partial charge in [0.05, 0.1) is 25.0 Å². The third kappa shape index (κ3) is 5.10. The van der Waals surface area contributed by atoms with Crippen LogP contribution in [0.1, 0.15) is 39.0 Å². The molecule has 5 atom stereocenters. The van der Waals surface area contributed by atoms with Gasteiger partial charge in [-0.25, -0.2) is 0 Å². The third-order valence-corrected chi connectivity index (χ3v) is 8.24. The highest BCUT2D eigenvalue weighted by atomic mass is 16.5. The fourth-order valence-electron chi connectivity index (χ4n) is 6.64. The van der Waals surface area contributed by atoms with E-state index in [4.69, 9.17) is 9.47 Å². The summed E-state index contributed by atoms with van der Waals surface area (Å²) in [4.78, 5) is 47.4. The van der Waals surface area contributed by atoms with Gasteiger partial charge in [0.2, 0.25) is 11.8 Å². The van der Waals surface area contributed by atoms with Gasteiger partial charge in [-0.3, -0.25) is 14.4 Å². The number of nitrogens with zero attached hydrogens (tertiary/aromatic N) is 3. The first-order valence-electron chi connectivity index (χ1n) is 13.9. The van der Waals surface area contributed by atoms with Gasteiger partial charge in [0.1, 0.15) is 17.4 Å². The molecule has 1 aromatic carbocycles. The number of rotatable bonds is 14. The number of carbonyl (C=O) groups excluding carboxylic acids is 3. The number of fused-ring (bicyclic) bond motifs is 1. The minimum atomic E-state index is -1.07. The summed E-state index contributed by atoms with van der Waals surface area (Å²) < 4.78 is 11.9. The van der Waals surface area contributed by atoms with Crippen LogP contribution in [0.2, 0.25) is 0 Å². The van der Waals surface area contributed by atoms with Crippen LogP contribution in [-0.4, -0.2) is 90.3 Å². The molecule has 2 unspecified atom stereocenters. The Morgan fingerprint density at radius 1 is 1.18 bits per heavy atom. The zero-order chi connectivity index (χ0) is 28.2. The SMILES string of the molecule is C=CCN(CCC)C(=O)[C@@H]1[C@H]2C(=O)N(CCCCO)C(C(=O)N(CC=C)c3ccc(OC)cc3)C23CC[C@H]1O3. The summed E-state index contributed by atoms with van der Waals surface area (Å²) in [5.74, 6) is -1.27. The van der Waals surface area contributed by atoms with Crippen molar-refractivity contribution in [2.45, 2.75) is 56.8 Å². The van der Waals surface area contributed by atoms with Gasteiger partial charge < -0.3 is 29.3 Å². The molecule has 3 amide bonds. The Morgan fingerprint density at radius 2 is 1.90 bits per heavy atom. The van der Waals surface area contributed by atoms with Gasteiger partial charge in [0.15, 0.2) is 0 Å². The summed E-state index contributed by atoms with van der Waals surface area (Å²) in [6.45, 7) is 11.2. The molecule has 3 aliphatic heterocycles. The van der Waals surface area contributed by atoms with E-state index in [0.717, 1.165) is 6.42 Å². The highest BCUT2D eigenvalue weighted by molar-refractivity contribution is 6.05. The van der Waals surface area contributed by atoms with Gasteiger partial charge in [-0.1, -0.05) is 19.1 Å². The van der Waals surface area contributed by atoms with Crippen LogP contribution in [-0.2, 0) is 19.1 Å². The van der Waals surface area contributed by atoms with Gasteiger partial charge in [0.25, 0.3) is 5.91 Å². The van der Waals surface area contributed by atoms with Crippen molar-refractivity contribution in [1.82, 2.24) is 9.80 Å². The maximum absolute atomic E-state index is 14.4. The molecule has 3 fully saturated rings. The Kier molecular flexibility index (Phi) is 9.12.